The number of benzene rings is 1. The Morgan fingerprint density at radius 1 is 0.658 bits per heavy atom. The number of carbonyl (C=O) groups is 1. The summed E-state index contributed by atoms with van der Waals surface area (Å²) in [6.45, 7) is 6.25. The Morgan fingerprint density at radius 2 is 1.13 bits per heavy atom. The lowest BCUT2D eigenvalue weighted by Crippen LogP contribution is -2.48. The van der Waals surface area contributed by atoms with E-state index in [1.807, 2.05) is 25.1 Å². The molecule has 1 aromatic rings. The first-order valence-corrected chi connectivity index (χ1v) is 15.4. The summed E-state index contributed by atoms with van der Waals surface area (Å²) in [6.07, 6.45) is 20.7. The molecule has 0 saturated carbocycles. The highest BCUT2D eigenvalue weighted by molar-refractivity contribution is 5.76. The first-order valence-electron chi connectivity index (χ1n) is 15.4. The van der Waals surface area contributed by atoms with E-state index in [2.05, 4.69) is 6.92 Å². The predicted octanol–water partition coefficient (Wildman–Crippen LogP) is 8.57. The Kier molecular flexibility index (Phi) is 22.1. The van der Waals surface area contributed by atoms with Crippen LogP contribution < -0.4 is 4.74 Å². The van der Waals surface area contributed by atoms with Crippen LogP contribution in [0.15, 0.2) is 30.3 Å². The molecule has 6 nitrogen and oxygen atoms in total. The average molecular weight is 537 g/mol. The van der Waals surface area contributed by atoms with Gasteiger partial charge in [0.2, 0.25) is 0 Å². The van der Waals surface area contributed by atoms with E-state index < -0.39 is 11.8 Å². The van der Waals surface area contributed by atoms with Crippen molar-refractivity contribution < 1.29 is 28.8 Å². The lowest BCUT2D eigenvalue weighted by atomic mass is 10.0. The van der Waals surface area contributed by atoms with Crippen LogP contribution in [0.25, 0.3) is 0 Å². The van der Waals surface area contributed by atoms with Gasteiger partial charge in [0.25, 0.3) is 0 Å². The Balaban J connectivity index is 2.25. The summed E-state index contributed by atoms with van der Waals surface area (Å²) in [5.74, 6) is -2.32. The monoisotopic (exact) mass is 536 g/mol. The fourth-order valence-corrected chi connectivity index (χ4v) is 4.58. The third-order valence-corrected chi connectivity index (χ3v) is 6.85. The summed E-state index contributed by atoms with van der Waals surface area (Å²) < 4.78 is 22.5. The van der Waals surface area contributed by atoms with E-state index in [4.69, 9.17) is 18.9 Å². The number of hydrogen-bond donors (Lipinski definition) is 1. The standard InChI is InChI=1S/C32H56O6/c1-3-5-6-7-8-9-10-11-12-13-14-15-16-17-18-22-25-32(31(33)34,38-30-23-20-19-21-24-30)37-29-28-36-27-26-35-4-2/h19-21,23-24H,3-18,22,25-29H2,1-2H3,(H,33,34). The average Bonchev–Trinajstić information content (AvgIpc) is 2.92. The van der Waals surface area contributed by atoms with Crippen LogP contribution in [0.2, 0.25) is 0 Å². The van der Waals surface area contributed by atoms with Gasteiger partial charge in [0.1, 0.15) is 5.75 Å². The highest BCUT2D eigenvalue weighted by Crippen LogP contribution is 2.26. The first-order chi connectivity index (χ1) is 18.6. The first kappa shape index (κ1) is 34.4. The van der Waals surface area contributed by atoms with Gasteiger partial charge in [-0.15, -0.1) is 0 Å². The molecule has 38 heavy (non-hydrogen) atoms. The summed E-state index contributed by atoms with van der Waals surface area (Å²) in [5, 5.41) is 10.1. The Bertz CT molecular complexity index is 653. The molecule has 0 amide bonds. The van der Waals surface area contributed by atoms with E-state index in [0.717, 1.165) is 19.3 Å². The molecule has 1 rings (SSSR count). The van der Waals surface area contributed by atoms with Crippen LogP contribution in [0, 0.1) is 0 Å². The maximum atomic E-state index is 12.3. The van der Waals surface area contributed by atoms with E-state index >= 15 is 0 Å². The number of aliphatic carboxylic acids is 1. The lowest BCUT2D eigenvalue weighted by Gasteiger charge is -2.30. The van der Waals surface area contributed by atoms with Crippen molar-refractivity contribution in [2.24, 2.45) is 0 Å². The van der Waals surface area contributed by atoms with Gasteiger partial charge in [-0.2, -0.15) is 0 Å². The largest absolute Gasteiger partial charge is 0.476 e. The summed E-state index contributed by atoms with van der Waals surface area (Å²) >= 11 is 0. The molecular formula is C32H56O6. The van der Waals surface area contributed by atoms with Gasteiger partial charge in [0.15, 0.2) is 0 Å². The zero-order valence-electron chi connectivity index (χ0n) is 24.4. The smallest absolute Gasteiger partial charge is 0.377 e. The fraction of sp³-hybridized carbons (Fsp3) is 0.781. The van der Waals surface area contributed by atoms with E-state index in [0.29, 0.717) is 38.6 Å². The SMILES string of the molecule is CCCCCCCCCCCCCCCCCCC(OCCOCCOCC)(Oc1ccccc1)C(=O)O. The third-order valence-electron chi connectivity index (χ3n) is 6.85. The minimum atomic E-state index is -1.71. The third kappa shape index (κ3) is 17.8. The molecule has 6 heteroatoms. The normalized spacial score (nSPS) is 12.9. The fourth-order valence-electron chi connectivity index (χ4n) is 4.58. The Morgan fingerprint density at radius 3 is 1.63 bits per heavy atom. The molecule has 0 aliphatic heterocycles. The molecule has 0 saturated heterocycles. The van der Waals surface area contributed by atoms with Crippen LogP contribution in [-0.4, -0.2) is 49.9 Å². The van der Waals surface area contributed by atoms with Crippen molar-refractivity contribution in [3.63, 3.8) is 0 Å². The zero-order valence-corrected chi connectivity index (χ0v) is 24.4. The maximum Gasteiger partial charge on any atom is 0.377 e. The molecule has 0 fully saturated rings. The van der Waals surface area contributed by atoms with Crippen LogP contribution in [0.1, 0.15) is 123 Å². The van der Waals surface area contributed by atoms with Crippen molar-refractivity contribution in [1.82, 2.24) is 0 Å². The predicted molar refractivity (Wildman–Crippen MR) is 155 cm³/mol. The number of para-hydroxylation sites is 1. The summed E-state index contributed by atoms with van der Waals surface area (Å²) in [4.78, 5) is 12.3. The van der Waals surface area contributed by atoms with Crippen molar-refractivity contribution in [1.29, 1.82) is 0 Å². The van der Waals surface area contributed by atoms with Crippen LogP contribution in [-0.2, 0) is 19.0 Å². The minimum absolute atomic E-state index is 0.143. The van der Waals surface area contributed by atoms with Crippen LogP contribution in [0.3, 0.4) is 0 Å². The molecule has 0 heterocycles. The summed E-state index contributed by atoms with van der Waals surface area (Å²) in [6, 6.07) is 9.04. The van der Waals surface area contributed by atoms with Gasteiger partial charge < -0.3 is 24.1 Å². The molecular weight excluding hydrogens is 480 g/mol. The van der Waals surface area contributed by atoms with E-state index in [9.17, 15) is 9.90 Å². The quantitative estimate of drug-likeness (QED) is 0.0854. The van der Waals surface area contributed by atoms with Gasteiger partial charge in [-0.25, -0.2) is 4.79 Å². The number of unbranched alkanes of at least 4 members (excludes halogenated alkanes) is 15. The molecule has 1 unspecified atom stereocenters. The number of rotatable bonds is 28. The van der Waals surface area contributed by atoms with Gasteiger partial charge in [0, 0.05) is 13.0 Å². The van der Waals surface area contributed by atoms with Crippen molar-refractivity contribution in [3.05, 3.63) is 30.3 Å². The minimum Gasteiger partial charge on any atom is -0.476 e. The highest BCUT2D eigenvalue weighted by atomic mass is 16.7. The Hall–Kier alpha value is -1.63. The maximum absolute atomic E-state index is 12.3. The lowest BCUT2D eigenvalue weighted by molar-refractivity contribution is -0.218. The van der Waals surface area contributed by atoms with Crippen molar-refractivity contribution in [2.45, 2.75) is 129 Å². The summed E-state index contributed by atoms with van der Waals surface area (Å²) in [5.41, 5.74) is 0. The van der Waals surface area contributed by atoms with Gasteiger partial charge in [-0.05, 0) is 25.5 Å². The van der Waals surface area contributed by atoms with E-state index in [1.165, 1.54) is 83.5 Å². The van der Waals surface area contributed by atoms with Crippen LogP contribution in [0.5, 0.6) is 5.75 Å². The summed E-state index contributed by atoms with van der Waals surface area (Å²) in [7, 11) is 0. The van der Waals surface area contributed by atoms with Gasteiger partial charge in [-0.1, -0.05) is 121 Å². The van der Waals surface area contributed by atoms with Gasteiger partial charge in [0.05, 0.1) is 26.4 Å². The molecule has 1 aromatic carbocycles. The zero-order chi connectivity index (χ0) is 27.6. The number of carboxylic acids is 1. The molecule has 0 bridgehead atoms. The number of hydrogen-bond acceptors (Lipinski definition) is 5. The second-order valence-corrected chi connectivity index (χ2v) is 10.2. The number of carboxylic acid groups (broad SMARTS) is 1. The second-order valence-electron chi connectivity index (χ2n) is 10.2. The van der Waals surface area contributed by atoms with Crippen molar-refractivity contribution >= 4 is 5.97 Å². The van der Waals surface area contributed by atoms with Crippen molar-refractivity contribution in [2.75, 3.05) is 33.0 Å². The molecule has 220 valence electrons. The van der Waals surface area contributed by atoms with Gasteiger partial charge >= 0.3 is 11.8 Å². The molecule has 0 aromatic heterocycles. The molecule has 0 spiro atoms. The van der Waals surface area contributed by atoms with E-state index in [1.54, 1.807) is 12.1 Å². The van der Waals surface area contributed by atoms with Crippen molar-refractivity contribution in [3.8, 4) is 5.75 Å². The van der Waals surface area contributed by atoms with Crippen LogP contribution >= 0.6 is 0 Å². The second kappa shape index (κ2) is 24.4. The number of ether oxygens (including phenoxy) is 4. The van der Waals surface area contributed by atoms with Crippen LogP contribution in [0.4, 0.5) is 0 Å². The van der Waals surface area contributed by atoms with E-state index in [-0.39, 0.29) is 6.61 Å². The molecule has 1 atom stereocenters. The topological polar surface area (TPSA) is 74.2 Å². The Labute approximate surface area is 232 Å². The molecule has 0 aliphatic rings. The molecule has 0 radical (unpaired) electrons. The van der Waals surface area contributed by atoms with Gasteiger partial charge in [-0.3, -0.25) is 0 Å². The highest BCUT2D eigenvalue weighted by Gasteiger charge is 2.42. The molecule has 1 N–H and O–H groups in total. The molecule has 0 aliphatic carbocycles.